The fraction of sp³-hybridized carbons (Fsp3) is 0.158. The van der Waals surface area contributed by atoms with Crippen molar-refractivity contribution in [3.8, 4) is 28.1 Å². The molecule has 3 heteroatoms. The van der Waals surface area contributed by atoms with Crippen molar-refractivity contribution < 1.29 is 4.74 Å². The van der Waals surface area contributed by atoms with Gasteiger partial charge in [0.05, 0.1) is 11.4 Å². The molecule has 0 spiro atoms. The number of benzene rings is 1. The molecule has 3 heterocycles. The van der Waals surface area contributed by atoms with Gasteiger partial charge in [0.1, 0.15) is 12.4 Å². The molecule has 3 aromatic rings. The van der Waals surface area contributed by atoms with Gasteiger partial charge in [0.2, 0.25) is 0 Å². The molecular weight excluding hydrogens is 272 g/mol. The molecule has 106 valence electrons. The molecule has 0 radical (unpaired) electrons. The molecule has 1 atom stereocenters. The van der Waals surface area contributed by atoms with Gasteiger partial charge < -0.3 is 4.74 Å². The summed E-state index contributed by atoms with van der Waals surface area (Å²) in [5, 5.41) is 0. The second kappa shape index (κ2) is 4.17. The van der Waals surface area contributed by atoms with Gasteiger partial charge in [-0.25, -0.2) is 0 Å². The van der Waals surface area contributed by atoms with Crippen LogP contribution in [-0.2, 0) is 6.61 Å². The van der Waals surface area contributed by atoms with Crippen molar-refractivity contribution >= 4 is 0 Å². The Bertz CT molecular complexity index is 917. The normalized spacial score (nSPS) is 17.0. The van der Waals surface area contributed by atoms with E-state index in [-0.39, 0.29) is 0 Å². The molecule has 1 aliphatic heterocycles. The Kier molecular flexibility index (Phi) is 2.26. The molecule has 2 aliphatic rings. The van der Waals surface area contributed by atoms with Crippen LogP contribution >= 0.6 is 0 Å². The molecule has 1 aliphatic carbocycles. The fourth-order valence-corrected chi connectivity index (χ4v) is 3.73. The molecule has 5 rings (SSSR count). The van der Waals surface area contributed by atoms with Gasteiger partial charge in [-0.3, -0.25) is 9.97 Å². The van der Waals surface area contributed by atoms with E-state index in [1.807, 2.05) is 24.5 Å². The summed E-state index contributed by atoms with van der Waals surface area (Å²) in [6.45, 7) is 2.79. The van der Waals surface area contributed by atoms with Gasteiger partial charge in [0.25, 0.3) is 0 Å². The van der Waals surface area contributed by atoms with Gasteiger partial charge in [-0.05, 0) is 35.4 Å². The zero-order valence-corrected chi connectivity index (χ0v) is 12.2. The number of aromatic nitrogens is 2. The molecule has 0 amide bonds. The predicted octanol–water partition coefficient (Wildman–Crippen LogP) is 4.17. The highest BCUT2D eigenvalue weighted by molar-refractivity contribution is 5.89. The van der Waals surface area contributed by atoms with Gasteiger partial charge in [0, 0.05) is 35.0 Å². The van der Waals surface area contributed by atoms with E-state index in [2.05, 4.69) is 41.2 Å². The molecule has 0 saturated carbocycles. The minimum Gasteiger partial charge on any atom is -0.487 e. The fourth-order valence-electron chi connectivity index (χ4n) is 3.73. The minimum absolute atomic E-state index is 0.323. The summed E-state index contributed by atoms with van der Waals surface area (Å²) in [4.78, 5) is 9.08. The van der Waals surface area contributed by atoms with E-state index >= 15 is 0 Å². The molecule has 0 fully saturated rings. The van der Waals surface area contributed by atoms with Gasteiger partial charge in [-0.15, -0.1) is 0 Å². The largest absolute Gasteiger partial charge is 0.487 e. The third kappa shape index (κ3) is 1.40. The summed E-state index contributed by atoms with van der Waals surface area (Å²) < 4.78 is 5.94. The van der Waals surface area contributed by atoms with E-state index in [1.54, 1.807) is 0 Å². The van der Waals surface area contributed by atoms with Gasteiger partial charge in [0.15, 0.2) is 0 Å². The summed E-state index contributed by atoms with van der Waals surface area (Å²) in [6.07, 6.45) is 3.70. The molecule has 0 bridgehead atoms. The molecule has 22 heavy (non-hydrogen) atoms. The number of pyridine rings is 2. The Morgan fingerprint density at radius 2 is 1.86 bits per heavy atom. The maximum atomic E-state index is 5.94. The Labute approximate surface area is 128 Å². The van der Waals surface area contributed by atoms with E-state index in [0.717, 1.165) is 17.1 Å². The Morgan fingerprint density at radius 1 is 1.00 bits per heavy atom. The molecule has 0 N–H and O–H groups in total. The number of hydrogen-bond acceptors (Lipinski definition) is 3. The first-order valence-electron chi connectivity index (χ1n) is 7.54. The SMILES string of the molecule is CC1c2cccnc2-c2ccc3c(c21)-c1cccnc1CO3. The first-order valence-corrected chi connectivity index (χ1v) is 7.54. The van der Waals surface area contributed by atoms with E-state index in [1.165, 1.54) is 27.8 Å². The lowest BCUT2D eigenvalue weighted by atomic mass is 9.88. The van der Waals surface area contributed by atoms with Crippen LogP contribution in [0.2, 0.25) is 0 Å². The average Bonchev–Trinajstić information content (AvgIpc) is 2.88. The monoisotopic (exact) mass is 286 g/mol. The third-order valence-electron chi connectivity index (χ3n) is 4.72. The van der Waals surface area contributed by atoms with Gasteiger partial charge in [-0.2, -0.15) is 0 Å². The van der Waals surface area contributed by atoms with Crippen LogP contribution in [0.1, 0.15) is 29.7 Å². The maximum absolute atomic E-state index is 5.94. The van der Waals surface area contributed by atoms with Crippen molar-refractivity contribution in [1.82, 2.24) is 9.97 Å². The quantitative estimate of drug-likeness (QED) is 0.622. The predicted molar refractivity (Wildman–Crippen MR) is 84.8 cm³/mol. The number of fused-ring (bicyclic) bond motifs is 7. The Balaban J connectivity index is 1.87. The van der Waals surface area contributed by atoms with Crippen molar-refractivity contribution in [2.24, 2.45) is 0 Å². The summed E-state index contributed by atoms with van der Waals surface area (Å²) in [5.41, 5.74) is 8.34. The summed E-state index contributed by atoms with van der Waals surface area (Å²) in [7, 11) is 0. The molecule has 1 unspecified atom stereocenters. The second-order valence-electron chi connectivity index (χ2n) is 5.85. The average molecular weight is 286 g/mol. The van der Waals surface area contributed by atoms with Crippen molar-refractivity contribution in [1.29, 1.82) is 0 Å². The van der Waals surface area contributed by atoms with Crippen LogP contribution < -0.4 is 4.74 Å². The minimum atomic E-state index is 0.323. The van der Waals surface area contributed by atoms with Crippen LogP contribution in [0.15, 0.2) is 48.8 Å². The summed E-state index contributed by atoms with van der Waals surface area (Å²) in [6, 6.07) is 12.5. The van der Waals surface area contributed by atoms with E-state index in [9.17, 15) is 0 Å². The van der Waals surface area contributed by atoms with Crippen LogP contribution in [0.25, 0.3) is 22.4 Å². The van der Waals surface area contributed by atoms with Crippen LogP contribution in [0.4, 0.5) is 0 Å². The van der Waals surface area contributed by atoms with Crippen molar-refractivity contribution in [2.45, 2.75) is 19.4 Å². The maximum Gasteiger partial charge on any atom is 0.131 e. The molecular formula is C19H14N2O. The highest BCUT2D eigenvalue weighted by Crippen LogP contribution is 2.52. The lowest BCUT2D eigenvalue weighted by Crippen LogP contribution is -2.09. The molecule has 1 aromatic carbocycles. The van der Waals surface area contributed by atoms with Gasteiger partial charge >= 0.3 is 0 Å². The first kappa shape index (κ1) is 11.9. The van der Waals surface area contributed by atoms with Crippen molar-refractivity contribution in [3.05, 3.63) is 65.6 Å². The Hall–Kier alpha value is -2.68. The van der Waals surface area contributed by atoms with E-state index < -0.39 is 0 Å². The number of rotatable bonds is 0. The van der Waals surface area contributed by atoms with Crippen molar-refractivity contribution in [2.75, 3.05) is 0 Å². The van der Waals surface area contributed by atoms with Crippen molar-refractivity contribution in [3.63, 3.8) is 0 Å². The smallest absolute Gasteiger partial charge is 0.131 e. The van der Waals surface area contributed by atoms with E-state index in [0.29, 0.717) is 12.5 Å². The Morgan fingerprint density at radius 3 is 2.82 bits per heavy atom. The molecule has 3 nitrogen and oxygen atoms in total. The topological polar surface area (TPSA) is 35.0 Å². The second-order valence-corrected chi connectivity index (χ2v) is 5.85. The number of nitrogens with zero attached hydrogens (tertiary/aromatic N) is 2. The zero-order valence-electron chi connectivity index (χ0n) is 12.2. The van der Waals surface area contributed by atoms with Crippen LogP contribution in [-0.4, -0.2) is 9.97 Å². The van der Waals surface area contributed by atoms with Crippen LogP contribution in [0, 0.1) is 0 Å². The van der Waals surface area contributed by atoms with E-state index in [4.69, 9.17) is 4.74 Å². The summed E-state index contributed by atoms with van der Waals surface area (Å²) in [5.74, 6) is 1.28. The standard InChI is InChI=1S/C19H14N2O/c1-11-12-4-2-9-21-19(12)14-6-7-16-18(17(11)14)13-5-3-8-20-15(13)10-22-16/h2-9,11H,10H2,1H3. The number of hydrogen-bond donors (Lipinski definition) is 0. The zero-order chi connectivity index (χ0) is 14.7. The highest BCUT2D eigenvalue weighted by Gasteiger charge is 2.33. The molecule has 2 aromatic heterocycles. The number of ether oxygens (including phenoxy) is 1. The summed E-state index contributed by atoms with van der Waals surface area (Å²) >= 11 is 0. The third-order valence-corrected chi connectivity index (χ3v) is 4.72. The van der Waals surface area contributed by atoms with Crippen LogP contribution in [0.5, 0.6) is 5.75 Å². The lowest BCUT2D eigenvalue weighted by molar-refractivity contribution is 0.297. The lowest BCUT2D eigenvalue weighted by Gasteiger charge is -2.23. The molecule has 0 saturated heterocycles. The highest BCUT2D eigenvalue weighted by atomic mass is 16.5. The van der Waals surface area contributed by atoms with Gasteiger partial charge in [-0.1, -0.05) is 19.1 Å². The first-order chi connectivity index (χ1) is 10.8. The van der Waals surface area contributed by atoms with Crippen LogP contribution in [0.3, 0.4) is 0 Å².